The van der Waals surface area contributed by atoms with Crippen LogP contribution in [0.2, 0.25) is 5.02 Å². The van der Waals surface area contributed by atoms with Crippen LogP contribution in [-0.4, -0.2) is 19.4 Å². The number of piperidine rings is 1. The minimum Gasteiger partial charge on any atom is -0.371 e. The van der Waals surface area contributed by atoms with Gasteiger partial charge in [0.15, 0.2) is 6.29 Å². The van der Waals surface area contributed by atoms with Gasteiger partial charge in [0.25, 0.3) is 0 Å². The van der Waals surface area contributed by atoms with Crippen LogP contribution in [0.25, 0.3) is 0 Å². The summed E-state index contributed by atoms with van der Waals surface area (Å²) in [7, 11) is 0. The quantitative estimate of drug-likeness (QED) is 0.735. The highest BCUT2D eigenvalue weighted by atomic mass is 35.5. The lowest BCUT2D eigenvalue weighted by atomic mass is 9.99. The van der Waals surface area contributed by atoms with Gasteiger partial charge in [-0.15, -0.1) is 0 Å². The van der Waals surface area contributed by atoms with Crippen molar-refractivity contribution >= 4 is 23.6 Å². The van der Waals surface area contributed by atoms with Crippen LogP contribution in [0.3, 0.4) is 0 Å². The van der Waals surface area contributed by atoms with Gasteiger partial charge in [-0.1, -0.05) is 24.6 Å². The van der Waals surface area contributed by atoms with Crippen molar-refractivity contribution in [3.63, 3.8) is 0 Å². The minimum absolute atomic E-state index is 0.547. The molecule has 1 aromatic rings. The summed E-state index contributed by atoms with van der Waals surface area (Å²) in [6.45, 7) is 4.28. The Labute approximate surface area is 101 Å². The van der Waals surface area contributed by atoms with Crippen LogP contribution in [0.5, 0.6) is 0 Å². The van der Waals surface area contributed by atoms with Crippen molar-refractivity contribution in [2.45, 2.75) is 19.8 Å². The predicted molar refractivity (Wildman–Crippen MR) is 67.5 cm³/mol. The highest BCUT2D eigenvalue weighted by Gasteiger charge is 2.19. The number of aldehydes is 1. The lowest BCUT2D eigenvalue weighted by Gasteiger charge is -2.33. The number of carbonyl (C=O) groups is 1. The van der Waals surface area contributed by atoms with E-state index in [4.69, 9.17) is 11.6 Å². The predicted octanol–water partition coefficient (Wildman–Crippen LogP) is 3.39. The number of hydrogen-bond donors (Lipinski definition) is 0. The lowest BCUT2D eigenvalue weighted by molar-refractivity contribution is 0.112. The summed E-state index contributed by atoms with van der Waals surface area (Å²) in [5.41, 5.74) is 1.60. The lowest BCUT2D eigenvalue weighted by Crippen LogP contribution is -2.34. The van der Waals surface area contributed by atoms with Gasteiger partial charge in [0.2, 0.25) is 0 Å². The second-order valence-electron chi connectivity index (χ2n) is 4.48. The Morgan fingerprint density at radius 2 is 2.31 bits per heavy atom. The number of rotatable bonds is 2. The Bertz CT molecular complexity index is 392. The monoisotopic (exact) mass is 237 g/mol. The van der Waals surface area contributed by atoms with E-state index in [1.165, 1.54) is 12.8 Å². The van der Waals surface area contributed by atoms with E-state index in [1.54, 1.807) is 6.07 Å². The molecule has 1 aliphatic rings. The fourth-order valence-corrected chi connectivity index (χ4v) is 2.54. The first-order valence-electron chi connectivity index (χ1n) is 5.71. The molecular formula is C13H16ClNO. The Kier molecular flexibility index (Phi) is 3.49. The zero-order valence-electron chi connectivity index (χ0n) is 9.45. The third-order valence-corrected chi connectivity index (χ3v) is 3.48. The molecule has 0 radical (unpaired) electrons. The Morgan fingerprint density at radius 3 is 3.00 bits per heavy atom. The molecule has 1 heterocycles. The molecule has 1 aromatic carbocycles. The van der Waals surface area contributed by atoms with E-state index in [9.17, 15) is 4.79 Å². The van der Waals surface area contributed by atoms with Crippen molar-refractivity contribution in [1.82, 2.24) is 0 Å². The first-order valence-corrected chi connectivity index (χ1v) is 6.09. The summed E-state index contributed by atoms with van der Waals surface area (Å²) in [5.74, 6) is 0.687. The molecule has 0 amide bonds. The van der Waals surface area contributed by atoms with Crippen LogP contribution in [-0.2, 0) is 0 Å². The third kappa shape index (κ3) is 2.22. The third-order valence-electron chi connectivity index (χ3n) is 3.15. The number of anilines is 1. The molecule has 1 unspecified atom stereocenters. The van der Waals surface area contributed by atoms with Crippen LogP contribution in [0.4, 0.5) is 5.69 Å². The SMILES string of the molecule is CC1CCCN(c2cccc(Cl)c2C=O)C1. The van der Waals surface area contributed by atoms with Crippen LogP contribution in [0, 0.1) is 5.92 Å². The summed E-state index contributed by atoms with van der Waals surface area (Å²) in [6.07, 6.45) is 3.32. The molecule has 3 heteroatoms. The van der Waals surface area contributed by atoms with Gasteiger partial charge in [0.1, 0.15) is 0 Å². The molecule has 0 N–H and O–H groups in total. The maximum Gasteiger partial charge on any atom is 0.153 e. The molecule has 0 aliphatic carbocycles. The van der Waals surface area contributed by atoms with Crippen LogP contribution < -0.4 is 4.90 Å². The Balaban J connectivity index is 2.32. The van der Waals surface area contributed by atoms with E-state index < -0.39 is 0 Å². The van der Waals surface area contributed by atoms with Crippen molar-refractivity contribution in [3.05, 3.63) is 28.8 Å². The number of carbonyl (C=O) groups excluding carboxylic acids is 1. The number of hydrogen-bond acceptors (Lipinski definition) is 2. The van der Waals surface area contributed by atoms with Gasteiger partial charge in [-0.05, 0) is 30.9 Å². The standard InChI is InChI=1S/C13H16ClNO/c1-10-4-3-7-15(8-10)13-6-2-5-12(14)11(13)9-16/h2,5-6,9-10H,3-4,7-8H2,1H3. The highest BCUT2D eigenvalue weighted by Crippen LogP contribution is 2.29. The van der Waals surface area contributed by atoms with Gasteiger partial charge in [-0.2, -0.15) is 0 Å². The van der Waals surface area contributed by atoms with E-state index in [2.05, 4.69) is 11.8 Å². The van der Waals surface area contributed by atoms with Crippen LogP contribution in [0.1, 0.15) is 30.1 Å². The van der Waals surface area contributed by atoms with Gasteiger partial charge < -0.3 is 4.90 Å². The molecular weight excluding hydrogens is 222 g/mol. The average molecular weight is 238 g/mol. The van der Waals surface area contributed by atoms with Crippen LogP contribution in [0.15, 0.2) is 18.2 Å². The van der Waals surface area contributed by atoms with Gasteiger partial charge in [-0.25, -0.2) is 0 Å². The molecule has 0 bridgehead atoms. The van der Waals surface area contributed by atoms with E-state index in [0.717, 1.165) is 25.1 Å². The maximum absolute atomic E-state index is 11.1. The normalized spacial score (nSPS) is 20.9. The molecule has 16 heavy (non-hydrogen) atoms. The van der Waals surface area contributed by atoms with Crippen molar-refractivity contribution < 1.29 is 4.79 Å². The fourth-order valence-electron chi connectivity index (χ4n) is 2.33. The highest BCUT2D eigenvalue weighted by molar-refractivity contribution is 6.33. The summed E-state index contributed by atoms with van der Waals surface area (Å²) in [4.78, 5) is 13.3. The first kappa shape index (κ1) is 11.5. The largest absolute Gasteiger partial charge is 0.371 e. The molecule has 1 atom stereocenters. The fraction of sp³-hybridized carbons (Fsp3) is 0.462. The summed E-state index contributed by atoms with van der Waals surface area (Å²) >= 11 is 6.03. The molecule has 0 spiro atoms. The molecule has 2 nitrogen and oxygen atoms in total. The summed E-state index contributed by atoms with van der Waals surface area (Å²) in [6, 6.07) is 5.65. The number of halogens is 1. The number of nitrogens with zero attached hydrogens (tertiary/aromatic N) is 1. The molecule has 0 saturated carbocycles. The second kappa shape index (κ2) is 4.88. The topological polar surface area (TPSA) is 20.3 Å². The number of benzene rings is 1. The van der Waals surface area contributed by atoms with Crippen molar-refractivity contribution in [2.24, 2.45) is 5.92 Å². The van der Waals surface area contributed by atoms with E-state index in [-0.39, 0.29) is 0 Å². The zero-order valence-corrected chi connectivity index (χ0v) is 10.2. The molecule has 0 aromatic heterocycles. The minimum atomic E-state index is 0.547. The van der Waals surface area contributed by atoms with Gasteiger partial charge >= 0.3 is 0 Å². The molecule has 86 valence electrons. The molecule has 1 saturated heterocycles. The first-order chi connectivity index (χ1) is 7.72. The van der Waals surface area contributed by atoms with Crippen molar-refractivity contribution in [3.8, 4) is 0 Å². The Morgan fingerprint density at radius 1 is 1.50 bits per heavy atom. The van der Waals surface area contributed by atoms with Gasteiger partial charge in [-0.3, -0.25) is 4.79 Å². The zero-order chi connectivity index (χ0) is 11.5. The van der Waals surface area contributed by atoms with Crippen molar-refractivity contribution in [2.75, 3.05) is 18.0 Å². The van der Waals surface area contributed by atoms with E-state index in [0.29, 0.717) is 16.5 Å². The average Bonchev–Trinajstić information content (AvgIpc) is 2.28. The molecule has 2 rings (SSSR count). The van der Waals surface area contributed by atoms with Gasteiger partial charge in [0.05, 0.1) is 10.6 Å². The van der Waals surface area contributed by atoms with Gasteiger partial charge in [0, 0.05) is 18.8 Å². The molecule has 1 aliphatic heterocycles. The van der Waals surface area contributed by atoms with Crippen LogP contribution >= 0.6 is 11.6 Å². The Hall–Kier alpha value is -1.02. The maximum atomic E-state index is 11.1. The smallest absolute Gasteiger partial charge is 0.153 e. The summed E-state index contributed by atoms with van der Waals surface area (Å²) < 4.78 is 0. The molecule has 1 fully saturated rings. The van der Waals surface area contributed by atoms with E-state index >= 15 is 0 Å². The second-order valence-corrected chi connectivity index (χ2v) is 4.89. The summed E-state index contributed by atoms with van der Waals surface area (Å²) in [5, 5.41) is 0.547. The van der Waals surface area contributed by atoms with Crippen molar-refractivity contribution in [1.29, 1.82) is 0 Å². The van der Waals surface area contributed by atoms with E-state index in [1.807, 2.05) is 12.1 Å².